The van der Waals surface area contributed by atoms with Crippen molar-refractivity contribution in [2.75, 3.05) is 0 Å². The summed E-state index contributed by atoms with van der Waals surface area (Å²) in [7, 11) is 0. The van der Waals surface area contributed by atoms with Crippen molar-refractivity contribution in [2.45, 2.75) is 6.43 Å². The molecule has 0 heterocycles. The molecule has 0 radical (unpaired) electrons. The topological polar surface area (TPSA) is 47.6 Å². The molecule has 0 atom stereocenters. The van der Waals surface area contributed by atoms with Crippen molar-refractivity contribution in [1.29, 1.82) is 10.5 Å². The van der Waals surface area contributed by atoms with E-state index in [0.29, 0.717) is 6.07 Å². The second-order valence-electron chi connectivity index (χ2n) is 0.430. The zero-order valence-electron chi connectivity index (χ0n) is 4.23. The van der Waals surface area contributed by atoms with Crippen molar-refractivity contribution in [3.8, 4) is 6.07 Å². The van der Waals surface area contributed by atoms with Gasteiger partial charge < -0.3 is 11.8 Å². The van der Waals surface area contributed by atoms with Crippen LogP contribution in [0.4, 0.5) is 8.78 Å². The molecule has 0 aliphatic heterocycles. The van der Waals surface area contributed by atoms with Crippen molar-refractivity contribution in [3.63, 3.8) is 0 Å². The fraction of sp³-hybridized carbons (Fsp3) is 0.333. The fourth-order valence-electron chi connectivity index (χ4n) is 0. The summed E-state index contributed by atoms with van der Waals surface area (Å²) in [6.45, 7) is 4.75. The quantitative estimate of drug-likeness (QED) is 0.275. The zero-order valence-corrected chi connectivity index (χ0v) is 6.23. The maximum Gasteiger partial charge on any atom is 1.00 e. The van der Waals surface area contributed by atoms with E-state index in [0.717, 1.165) is 0 Å². The van der Waals surface area contributed by atoms with Crippen LogP contribution in [0.15, 0.2) is 0 Å². The van der Waals surface area contributed by atoms with E-state index < -0.39 is 6.43 Å². The van der Waals surface area contributed by atoms with Crippen molar-refractivity contribution in [2.24, 2.45) is 0 Å². The minimum atomic E-state index is -2.81. The number of hydrogen-bond donors (Lipinski definition) is 0. The molecule has 0 bridgehead atoms. The summed E-state index contributed by atoms with van der Waals surface area (Å²) >= 11 is 0. The van der Waals surface area contributed by atoms with Gasteiger partial charge in [0.2, 0.25) is 0 Å². The van der Waals surface area contributed by atoms with Crippen molar-refractivity contribution in [3.05, 3.63) is 6.57 Å². The van der Waals surface area contributed by atoms with Gasteiger partial charge in [-0.05, 0) is 0 Å². The molecule has 0 amide bonds. The molecule has 0 aliphatic carbocycles. The third-order valence-electron chi connectivity index (χ3n) is 0.0976. The van der Waals surface area contributed by atoms with Crippen LogP contribution in [0.1, 0.15) is 0 Å². The van der Waals surface area contributed by atoms with Crippen LogP contribution in [0.3, 0.4) is 0 Å². The SMILES string of the molecule is N#CC(F)F.[C-]#N.[Na+]. The molecule has 8 heavy (non-hydrogen) atoms. The summed E-state index contributed by atoms with van der Waals surface area (Å²) in [5, 5.41) is 13.4. The number of alkyl halides is 2. The molecule has 0 spiro atoms. The Morgan fingerprint density at radius 2 is 1.50 bits per heavy atom. The van der Waals surface area contributed by atoms with Crippen LogP contribution in [0, 0.1) is 23.2 Å². The maximum absolute atomic E-state index is 10.4. The van der Waals surface area contributed by atoms with E-state index in [9.17, 15) is 8.78 Å². The average Bonchev–Trinajstić information content (AvgIpc) is 1.73. The minimum absolute atomic E-state index is 0. The van der Waals surface area contributed by atoms with Gasteiger partial charge in [0.25, 0.3) is 0 Å². The predicted octanol–water partition coefficient (Wildman–Crippen LogP) is -2.12. The molecule has 0 N–H and O–H groups in total. The van der Waals surface area contributed by atoms with Gasteiger partial charge >= 0.3 is 36.0 Å². The van der Waals surface area contributed by atoms with Gasteiger partial charge in [-0.2, -0.15) is 14.0 Å². The first kappa shape index (κ1) is 15.7. The number of hydrogen-bond acceptors (Lipinski definition) is 2. The fourth-order valence-corrected chi connectivity index (χ4v) is 0. The average molecular weight is 126 g/mol. The van der Waals surface area contributed by atoms with E-state index >= 15 is 0 Å². The van der Waals surface area contributed by atoms with E-state index in [1.165, 1.54) is 0 Å². The number of halogens is 2. The van der Waals surface area contributed by atoms with Crippen LogP contribution in [0.2, 0.25) is 0 Å². The Labute approximate surface area is 68.0 Å². The summed E-state index contributed by atoms with van der Waals surface area (Å²) in [6.07, 6.45) is -2.81. The molecule has 38 valence electrons. The van der Waals surface area contributed by atoms with Crippen LogP contribution < -0.4 is 29.6 Å². The van der Waals surface area contributed by atoms with E-state index in [2.05, 4.69) is 0 Å². The maximum atomic E-state index is 10.4. The molecule has 0 saturated carbocycles. The van der Waals surface area contributed by atoms with Gasteiger partial charge in [-0.25, -0.2) is 0 Å². The van der Waals surface area contributed by atoms with E-state index in [4.69, 9.17) is 17.1 Å². The Balaban J connectivity index is -0.0000000750. The summed E-state index contributed by atoms with van der Waals surface area (Å²) < 4.78 is 20.8. The smallest absolute Gasteiger partial charge is 0.512 e. The summed E-state index contributed by atoms with van der Waals surface area (Å²) in [6, 6.07) is 0.694. The van der Waals surface area contributed by atoms with Gasteiger partial charge in [-0.15, -0.1) is 0 Å². The van der Waals surface area contributed by atoms with Crippen LogP contribution in [0.5, 0.6) is 0 Å². The zero-order chi connectivity index (χ0) is 6.28. The van der Waals surface area contributed by atoms with Gasteiger partial charge in [0.05, 0.1) is 0 Å². The molecule has 0 unspecified atom stereocenters. The molecule has 0 rings (SSSR count). The van der Waals surface area contributed by atoms with Crippen LogP contribution in [-0.4, -0.2) is 6.43 Å². The normalized spacial score (nSPS) is 5.00. The van der Waals surface area contributed by atoms with E-state index in [1.54, 1.807) is 0 Å². The minimum Gasteiger partial charge on any atom is -0.512 e. The Morgan fingerprint density at radius 1 is 1.38 bits per heavy atom. The van der Waals surface area contributed by atoms with Crippen molar-refractivity contribution >= 4 is 0 Å². The number of rotatable bonds is 0. The molecule has 0 aromatic heterocycles. The molecule has 0 aromatic carbocycles. The standard InChI is InChI=1S/C2HF2N.CN.Na/c3-2(4)1-5;1-2;/h2H;;/q;-1;+1. The summed E-state index contributed by atoms with van der Waals surface area (Å²) in [5.41, 5.74) is 0. The van der Waals surface area contributed by atoms with Crippen LogP contribution in [-0.2, 0) is 0 Å². The van der Waals surface area contributed by atoms with Crippen LogP contribution in [0.25, 0.3) is 0 Å². The first-order valence-electron chi connectivity index (χ1n) is 1.17. The van der Waals surface area contributed by atoms with Crippen LogP contribution >= 0.6 is 0 Å². The molecule has 0 fully saturated rings. The Bertz CT molecular complexity index is 85.0. The Morgan fingerprint density at radius 3 is 1.50 bits per heavy atom. The molecule has 0 aliphatic rings. The Hall–Kier alpha value is -0.160. The van der Waals surface area contributed by atoms with Gasteiger partial charge in [-0.1, -0.05) is 0 Å². The van der Waals surface area contributed by atoms with Crippen molar-refractivity contribution < 1.29 is 38.3 Å². The second kappa shape index (κ2) is 15.8. The number of nitrogens with zero attached hydrogens (tertiary/aromatic N) is 2. The van der Waals surface area contributed by atoms with Gasteiger partial charge in [-0.3, -0.25) is 0 Å². The first-order chi connectivity index (χ1) is 3.27. The summed E-state index contributed by atoms with van der Waals surface area (Å²) in [4.78, 5) is 0. The third-order valence-corrected chi connectivity index (χ3v) is 0.0976. The monoisotopic (exact) mass is 126 g/mol. The molecule has 2 nitrogen and oxygen atoms in total. The Kier molecular flexibility index (Phi) is 31.0. The number of nitriles is 1. The molecular formula is C3HF2N2Na. The molecule has 0 aromatic rings. The summed E-state index contributed by atoms with van der Waals surface area (Å²) in [5.74, 6) is 0. The largest absolute Gasteiger partial charge is 1.00 e. The van der Waals surface area contributed by atoms with E-state index in [1.807, 2.05) is 0 Å². The first-order valence-corrected chi connectivity index (χ1v) is 1.17. The van der Waals surface area contributed by atoms with E-state index in [-0.39, 0.29) is 29.6 Å². The van der Waals surface area contributed by atoms with Gasteiger partial charge in [0.15, 0.2) is 0 Å². The van der Waals surface area contributed by atoms with Gasteiger partial charge in [0.1, 0.15) is 6.07 Å². The molecule has 0 saturated heterocycles. The second-order valence-corrected chi connectivity index (χ2v) is 0.430. The third kappa shape index (κ3) is 40.4. The van der Waals surface area contributed by atoms with Gasteiger partial charge in [0, 0.05) is 0 Å². The predicted molar refractivity (Wildman–Crippen MR) is 16.6 cm³/mol. The molecule has 5 heteroatoms. The van der Waals surface area contributed by atoms with Crippen molar-refractivity contribution in [1.82, 2.24) is 0 Å². The molecular weight excluding hydrogens is 125 g/mol.